The van der Waals surface area contributed by atoms with E-state index in [1.807, 2.05) is 60.7 Å². The predicted octanol–water partition coefficient (Wildman–Crippen LogP) is 5.15. The fourth-order valence-corrected chi connectivity index (χ4v) is 4.22. The van der Waals surface area contributed by atoms with Crippen molar-refractivity contribution in [2.45, 2.75) is 25.9 Å². The highest BCUT2D eigenvalue weighted by Crippen LogP contribution is 2.25. The molecule has 152 valence electrons. The number of halogens is 2. The summed E-state index contributed by atoms with van der Waals surface area (Å²) in [6.07, 6.45) is 1.44. The van der Waals surface area contributed by atoms with Gasteiger partial charge in [0.25, 0.3) is 5.56 Å². The second-order valence-corrected chi connectivity index (χ2v) is 8.03. The van der Waals surface area contributed by atoms with Crippen LogP contribution in [0.1, 0.15) is 17.5 Å². The molecule has 1 aromatic heterocycles. The van der Waals surface area contributed by atoms with Gasteiger partial charge < -0.3 is 0 Å². The monoisotopic (exact) mass is 438 g/mol. The number of hydrogen-bond donors (Lipinski definition) is 0. The molecule has 1 heterocycles. The first-order valence-electron chi connectivity index (χ1n) is 9.75. The summed E-state index contributed by atoms with van der Waals surface area (Å²) in [5, 5.41) is 0.951. The Kier molecular flexibility index (Phi) is 6.07. The van der Waals surface area contributed by atoms with Crippen molar-refractivity contribution in [3.63, 3.8) is 0 Å². The fourth-order valence-electron chi connectivity index (χ4n) is 3.66. The molecule has 0 aliphatic heterocycles. The molecule has 0 saturated heterocycles. The van der Waals surface area contributed by atoms with Crippen molar-refractivity contribution in [2.75, 3.05) is 0 Å². The molecule has 0 N–H and O–H groups in total. The lowest BCUT2D eigenvalue weighted by Crippen LogP contribution is -2.40. The summed E-state index contributed by atoms with van der Waals surface area (Å²) >= 11 is 12.6. The Morgan fingerprint density at radius 2 is 1.40 bits per heavy atom. The summed E-state index contributed by atoms with van der Waals surface area (Å²) in [5.74, 6) is 0. The van der Waals surface area contributed by atoms with Crippen LogP contribution in [0.15, 0.2) is 82.4 Å². The third kappa shape index (κ3) is 4.20. The highest BCUT2D eigenvalue weighted by molar-refractivity contribution is 6.38. The Hall–Kier alpha value is -2.82. The van der Waals surface area contributed by atoms with E-state index in [9.17, 15) is 9.59 Å². The molecule has 0 spiro atoms. The molecule has 4 rings (SSSR count). The molecule has 0 radical (unpaired) electrons. The van der Waals surface area contributed by atoms with E-state index in [0.717, 1.165) is 12.0 Å². The Labute approximate surface area is 183 Å². The van der Waals surface area contributed by atoms with Crippen LogP contribution in [0.5, 0.6) is 0 Å². The second-order valence-electron chi connectivity index (χ2n) is 7.18. The Morgan fingerprint density at radius 3 is 2.07 bits per heavy atom. The maximum atomic E-state index is 13.3. The van der Waals surface area contributed by atoms with Crippen LogP contribution in [-0.2, 0) is 19.5 Å². The minimum atomic E-state index is -0.381. The van der Waals surface area contributed by atoms with E-state index in [4.69, 9.17) is 23.2 Å². The molecular formula is C24H20Cl2N2O2. The van der Waals surface area contributed by atoms with Crippen LogP contribution in [0.4, 0.5) is 0 Å². The Morgan fingerprint density at radius 1 is 0.767 bits per heavy atom. The van der Waals surface area contributed by atoms with Crippen LogP contribution in [0.25, 0.3) is 10.9 Å². The van der Waals surface area contributed by atoms with E-state index < -0.39 is 0 Å². The molecule has 6 heteroatoms. The van der Waals surface area contributed by atoms with Crippen LogP contribution in [-0.4, -0.2) is 9.13 Å². The smallest absolute Gasteiger partial charge is 0.289 e. The van der Waals surface area contributed by atoms with Gasteiger partial charge >= 0.3 is 5.69 Å². The van der Waals surface area contributed by atoms with Gasteiger partial charge in [0.15, 0.2) is 0 Å². The molecule has 3 aromatic carbocycles. The SMILES string of the molecule is O=c1c2c(Cl)cc(Cl)cc2n(Cc2ccccc2)c(=O)n1CCCc1ccccc1. The van der Waals surface area contributed by atoms with Gasteiger partial charge in [0.05, 0.1) is 22.5 Å². The van der Waals surface area contributed by atoms with Gasteiger partial charge in [-0.2, -0.15) is 0 Å². The van der Waals surface area contributed by atoms with Crippen LogP contribution < -0.4 is 11.2 Å². The molecule has 0 aliphatic rings. The Balaban J connectivity index is 1.80. The second kappa shape index (κ2) is 8.90. The van der Waals surface area contributed by atoms with Gasteiger partial charge in [-0.3, -0.25) is 13.9 Å². The average molecular weight is 439 g/mol. The van der Waals surface area contributed by atoms with Crippen LogP contribution >= 0.6 is 23.2 Å². The first kappa shape index (κ1) is 20.5. The number of nitrogens with zero attached hydrogens (tertiary/aromatic N) is 2. The molecule has 4 aromatic rings. The number of benzene rings is 3. The molecule has 0 atom stereocenters. The van der Waals surface area contributed by atoms with Gasteiger partial charge in [0.2, 0.25) is 0 Å². The number of fused-ring (bicyclic) bond motifs is 1. The maximum absolute atomic E-state index is 13.3. The largest absolute Gasteiger partial charge is 0.331 e. The fraction of sp³-hybridized carbons (Fsp3) is 0.167. The van der Waals surface area contributed by atoms with E-state index in [0.29, 0.717) is 35.4 Å². The Bertz CT molecular complexity index is 1300. The third-order valence-electron chi connectivity index (χ3n) is 5.12. The van der Waals surface area contributed by atoms with E-state index in [-0.39, 0.29) is 16.3 Å². The lowest BCUT2D eigenvalue weighted by Gasteiger charge is -2.15. The summed E-state index contributed by atoms with van der Waals surface area (Å²) < 4.78 is 2.86. The lowest BCUT2D eigenvalue weighted by atomic mass is 10.1. The molecule has 0 fully saturated rings. The third-order valence-corrected chi connectivity index (χ3v) is 5.64. The zero-order valence-corrected chi connectivity index (χ0v) is 17.7. The van der Waals surface area contributed by atoms with Gasteiger partial charge in [-0.1, -0.05) is 83.9 Å². The average Bonchev–Trinajstić information content (AvgIpc) is 2.74. The van der Waals surface area contributed by atoms with E-state index >= 15 is 0 Å². The quantitative estimate of drug-likeness (QED) is 0.417. The van der Waals surface area contributed by atoms with Crippen molar-refractivity contribution in [3.8, 4) is 0 Å². The van der Waals surface area contributed by atoms with E-state index in [2.05, 4.69) is 0 Å². The van der Waals surface area contributed by atoms with Crippen molar-refractivity contribution in [3.05, 3.63) is 115 Å². The number of aromatic nitrogens is 2. The standard InChI is InChI=1S/C24H20Cl2N2O2/c25-19-14-20(26)22-21(15-19)28(16-18-10-5-2-6-11-18)24(30)27(23(22)29)13-7-12-17-8-3-1-4-9-17/h1-6,8-11,14-15H,7,12-13,16H2. The van der Waals surface area contributed by atoms with Crippen molar-refractivity contribution in [1.82, 2.24) is 9.13 Å². The first-order chi connectivity index (χ1) is 14.5. The van der Waals surface area contributed by atoms with Crippen LogP contribution in [0.3, 0.4) is 0 Å². The van der Waals surface area contributed by atoms with Crippen LogP contribution in [0, 0.1) is 0 Å². The molecular weight excluding hydrogens is 419 g/mol. The van der Waals surface area contributed by atoms with Gasteiger partial charge in [-0.25, -0.2) is 4.79 Å². The molecule has 0 amide bonds. The van der Waals surface area contributed by atoms with Crippen molar-refractivity contribution in [1.29, 1.82) is 0 Å². The van der Waals surface area contributed by atoms with E-state index in [1.165, 1.54) is 10.1 Å². The van der Waals surface area contributed by atoms with Crippen LogP contribution in [0.2, 0.25) is 10.0 Å². The molecule has 0 aliphatic carbocycles. The molecule has 4 nitrogen and oxygen atoms in total. The molecule has 0 bridgehead atoms. The molecule has 0 unspecified atom stereocenters. The summed E-state index contributed by atoms with van der Waals surface area (Å²) in [6.45, 7) is 0.641. The normalized spacial score (nSPS) is 11.1. The summed E-state index contributed by atoms with van der Waals surface area (Å²) in [6, 6.07) is 22.8. The van der Waals surface area contributed by atoms with Gasteiger partial charge in [-0.05, 0) is 36.1 Å². The first-order valence-corrected chi connectivity index (χ1v) is 10.5. The number of hydrogen-bond acceptors (Lipinski definition) is 2. The predicted molar refractivity (Wildman–Crippen MR) is 123 cm³/mol. The van der Waals surface area contributed by atoms with E-state index in [1.54, 1.807) is 16.7 Å². The maximum Gasteiger partial charge on any atom is 0.331 e. The summed E-state index contributed by atoms with van der Waals surface area (Å²) in [7, 11) is 0. The zero-order valence-electron chi connectivity index (χ0n) is 16.2. The van der Waals surface area contributed by atoms with Gasteiger partial charge in [-0.15, -0.1) is 0 Å². The zero-order chi connectivity index (χ0) is 21.1. The van der Waals surface area contributed by atoms with Gasteiger partial charge in [0, 0.05) is 11.6 Å². The summed E-state index contributed by atoms with van der Waals surface area (Å²) in [5.41, 5.74) is 1.83. The van der Waals surface area contributed by atoms with Crippen molar-refractivity contribution < 1.29 is 0 Å². The van der Waals surface area contributed by atoms with Crippen molar-refractivity contribution in [2.24, 2.45) is 0 Å². The minimum Gasteiger partial charge on any atom is -0.289 e. The highest BCUT2D eigenvalue weighted by atomic mass is 35.5. The molecule has 30 heavy (non-hydrogen) atoms. The van der Waals surface area contributed by atoms with Crippen molar-refractivity contribution >= 4 is 34.1 Å². The lowest BCUT2D eigenvalue weighted by molar-refractivity contribution is 0.564. The minimum absolute atomic E-state index is 0.251. The number of aryl methyl sites for hydroxylation is 1. The topological polar surface area (TPSA) is 44.0 Å². The molecule has 0 saturated carbocycles. The van der Waals surface area contributed by atoms with Gasteiger partial charge in [0.1, 0.15) is 0 Å². The highest BCUT2D eigenvalue weighted by Gasteiger charge is 2.17. The number of rotatable bonds is 6. The summed E-state index contributed by atoms with van der Waals surface area (Å²) in [4.78, 5) is 26.5.